The second-order valence-corrected chi connectivity index (χ2v) is 6.54. The van der Waals surface area contributed by atoms with Crippen LogP contribution in [0.15, 0.2) is 41.2 Å². The number of ether oxygens (including phenoxy) is 1. The quantitative estimate of drug-likeness (QED) is 0.579. The predicted molar refractivity (Wildman–Crippen MR) is 92.7 cm³/mol. The highest BCUT2D eigenvalue weighted by Gasteiger charge is 2.13. The molecule has 0 saturated heterocycles. The smallest absolute Gasteiger partial charge is 0.335 e. The molecule has 0 aliphatic carbocycles. The molecule has 1 heterocycles. The van der Waals surface area contributed by atoms with Crippen molar-refractivity contribution in [2.45, 2.75) is 20.0 Å². The largest absolute Gasteiger partial charge is 0.478 e. The van der Waals surface area contributed by atoms with Crippen LogP contribution >= 0.6 is 11.3 Å². The number of rotatable bonds is 3. The van der Waals surface area contributed by atoms with Crippen LogP contribution < -0.4 is 5.43 Å². The summed E-state index contributed by atoms with van der Waals surface area (Å²) in [5, 5.41) is 10.1. The first-order valence-corrected chi connectivity index (χ1v) is 8.09. The average Bonchev–Trinajstić information content (AvgIpc) is 2.53. The maximum Gasteiger partial charge on any atom is 0.335 e. The van der Waals surface area contributed by atoms with E-state index in [4.69, 9.17) is 9.84 Å². The molecule has 3 rings (SSSR count). The van der Waals surface area contributed by atoms with Gasteiger partial charge in [0.05, 0.1) is 5.56 Å². The summed E-state index contributed by atoms with van der Waals surface area (Å²) < 4.78 is 6.54. The molecule has 1 atom stereocenters. The van der Waals surface area contributed by atoms with Crippen LogP contribution in [0.5, 0.6) is 0 Å². The number of benzene rings is 2. The van der Waals surface area contributed by atoms with Crippen molar-refractivity contribution in [1.82, 2.24) is 0 Å². The number of carbonyl (C=O) groups is 2. The molecule has 1 aromatic heterocycles. The molecule has 0 spiro atoms. The van der Waals surface area contributed by atoms with Crippen LogP contribution in [0.1, 0.15) is 35.9 Å². The number of hydrogen-bond acceptors (Lipinski definition) is 5. The van der Waals surface area contributed by atoms with Crippen molar-refractivity contribution in [2.24, 2.45) is 0 Å². The zero-order valence-electron chi connectivity index (χ0n) is 13.0. The van der Waals surface area contributed by atoms with E-state index in [9.17, 15) is 14.4 Å². The Bertz CT molecular complexity index is 1030. The van der Waals surface area contributed by atoms with E-state index in [1.165, 1.54) is 30.4 Å². The Morgan fingerprint density at radius 2 is 1.83 bits per heavy atom. The Hall–Kier alpha value is -2.73. The molecule has 1 unspecified atom stereocenters. The lowest BCUT2D eigenvalue weighted by atomic mass is 10.1. The molecule has 0 amide bonds. The Labute approximate surface area is 141 Å². The van der Waals surface area contributed by atoms with E-state index in [0.29, 0.717) is 15.5 Å². The van der Waals surface area contributed by atoms with Crippen molar-refractivity contribution >= 4 is 43.4 Å². The molecule has 0 bridgehead atoms. The van der Waals surface area contributed by atoms with Gasteiger partial charge in [-0.2, -0.15) is 0 Å². The minimum atomic E-state index is -1.03. The summed E-state index contributed by atoms with van der Waals surface area (Å²) in [6.45, 7) is 3.09. The number of carboxylic acids is 1. The molecule has 0 fully saturated rings. The number of carboxylic acid groups (broad SMARTS) is 1. The van der Waals surface area contributed by atoms with Crippen LogP contribution in [0.3, 0.4) is 0 Å². The van der Waals surface area contributed by atoms with Crippen LogP contribution in [0.4, 0.5) is 0 Å². The lowest BCUT2D eigenvalue weighted by molar-refractivity contribution is -0.145. The van der Waals surface area contributed by atoms with E-state index in [0.717, 1.165) is 10.3 Å². The standard InChI is InChI=1S/C18H14O5S/c1-9(23-10(2)19)11-4-6-15-14(7-11)17(20)13-5-3-12(18(21)22)8-16(13)24-15/h3-9H,1-2H3,(H,21,22). The van der Waals surface area contributed by atoms with Gasteiger partial charge in [0, 0.05) is 27.1 Å². The topological polar surface area (TPSA) is 80.7 Å². The fourth-order valence-electron chi connectivity index (χ4n) is 2.57. The van der Waals surface area contributed by atoms with Crippen LogP contribution in [0.2, 0.25) is 0 Å². The van der Waals surface area contributed by atoms with Crippen molar-refractivity contribution in [1.29, 1.82) is 0 Å². The SMILES string of the molecule is CC(=O)OC(C)c1ccc2sc3cc(C(=O)O)ccc3c(=O)c2c1. The maximum atomic E-state index is 12.7. The molecule has 1 N–H and O–H groups in total. The summed E-state index contributed by atoms with van der Waals surface area (Å²) in [6, 6.07) is 9.81. The summed E-state index contributed by atoms with van der Waals surface area (Å²) in [6.07, 6.45) is -0.443. The highest BCUT2D eigenvalue weighted by Crippen LogP contribution is 2.28. The van der Waals surface area contributed by atoms with Gasteiger partial charge >= 0.3 is 11.9 Å². The van der Waals surface area contributed by atoms with Gasteiger partial charge < -0.3 is 9.84 Å². The van der Waals surface area contributed by atoms with E-state index in [2.05, 4.69) is 0 Å². The van der Waals surface area contributed by atoms with Crippen LogP contribution in [-0.4, -0.2) is 17.0 Å². The van der Waals surface area contributed by atoms with Crippen molar-refractivity contribution in [2.75, 3.05) is 0 Å². The molecule has 2 aromatic carbocycles. The van der Waals surface area contributed by atoms with Gasteiger partial charge in [-0.05, 0) is 42.8 Å². The summed E-state index contributed by atoms with van der Waals surface area (Å²) in [5.74, 6) is -1.41. The van der Waals surface area contributed by atoms with Gasteiger partial charge in [0.25, 0.3) is 0 Å². The third-order valence-corrected chi connectivity index (χ3v) is 4.89. The molecule has 3 aromatic rings. The molecule has 5 nitrogen and oxygen atoms in total. The minimum absolute atomic E-state index is 0.151. The van der Waals surface area contributed by atoms with Crippen LogP contribution in [0.25, 0.3) is 20.2 Å². The molecule has 0 aliphatic rings. The molecule has 0 radical (unpaired) electrons. The maximum absolute atomic E-state index is 12.7. The molecule has 0 saturated carbocycles. The van der Waals surface area contributed by atoms with Crippen molar-refractivity contribution < 1.29 is 19.4 Å². The monoisotopic (exact) mass is 342 g/mol. The Balaban J connectivity index is 2.20. The van der Waals surface area contributed by atoms with Gasteiger partial charge in [0.2, 0.25) is 0 Å². The van der Waals surface area contributed by atoms with Crippen molar-refractivity contribution in [3.63, 3.8) is 0 Å². The first-order chi connectivity index (χ1) is 11.4. The number of aromatic carboxylic acids is 1. The van der Waals surface area contributed by atoms with Crippen LogP contribution in [-0.2, 0) is 9.53 Å². The van der Waals surface area contributed by atoms with Gasteiger partial charge in [-0.3, -0.25) is 9.59 Å². The molecule has 122 valence electrons. The molecule has 6 heteroatoms. The zero-order chi connectivity index (χ0) is 17.4. The summed E-state index contributed by atoms with van der Waals surface area (Å²) in [5.41, 5.74) is 0.730. The second-order valence-electron chi connectivity index (χ2n) is 5.45. The number of esters is 1. The average molecular weight is 342 g/mol. The van der Waals surface area contributed by atoms with E-state index in [-0.39, 0.29) is 17.0 Å². The second kappa shape index (κ2) is 6.05. The van der Waals surface area contributed by atoms with E-state index in [1.54, 1.807) is 31.2 Å². The van der Waals surface area contributed by atoms with Gasteiger partial charge in [-0.1, -0.05) is 6.07 Å². The van der Waals surface area contributed by atoms with Crippen molar-refractivity contribution in [3.05, 3.63) is 57.7 Å². The summed E-state index contributed by atoms with van der Waals surface area (Å²) >= 11 is 1.36. The van der Waals surface area contributed by atoms with Crippen LogP contribution in [0, 0.1) is 0 Å². The van der Waals surface area contributed by atoms with Gasteiger partial charge in [-0.25, -0.2) is 4.79 Å². The predicted octanol–water partition coefficient (Wildman–Crippen LogP) is 3.74. The third kappa shape index (κ3) is 2.88. The van der Waals surface area contributed by atoms with Gasteiger partial charge in [-0.15, -0.1) is 11.3 Å². The van der Waals surface area contributed by atoms with E-state index in [1.807, 2.05) is 0 Å². The Morgan fingerprint density at radius 3 is 2.50 bits per heavy atom. The fraction of sp³-hybridized carbons (Fsp3) is 0.167. The fourth-order valence-corrected chi connectivity index (χ4v) is 3.67. The summed E-state index contributed by atoms with van der Waals surface area (Å²) in [4.78, 5) is 34.9. The normalized spacial score (nSPS) is 12.2. The number of hydrogen-bond donors (Lipinski definition) is 1. The van der Waals surface area contributed by atoms with E-state index < -0.39 is 12.1 Å². The van der Waals surface area contributed by atoms with Gasteiger partial charge in [0.15, 0.2) is 5.43 Å². The number of carbonyl (C=O) groups excluding carboxylic acids is 1. The lowest BCUT2D eigenvalue weighted by Gasteiger charge is -2.12. The lowest BCUT2D eigenvalue weighted by Crippen LogP contribution is -2.07. The molecule has 24 heavy (non-hydrogen) atoms. The summed E-state index contributed by atoms with van der Waals surface area (Å²) in [7, 11) is 0. The minimum Gasteiger partial charge on any atom is -0.478 e. The highest BCUT2D eigenvalue weighted by molar-refractivity contribution is 7.24. The number of fused-ring (bicyclic) bond motifs is 2. The zero-order valence-corrected chi connectivity index (χ0v) is 13.8. The molecular formula is C18H14O5S. The first kappa shape index (κ1) is 16.1. The Kier molecular flexibility index (Phi) is 4.07. The van der Waals surface area contributed by atoms with Crippen molar-refractivity contribution in [3.8, 4) is 0 Å². The van der Waals surface area contributed by atoms with Gasteiger partial charge in [0.1, 0.15) is 6.10 Å². The molecular weight excluding hydrogens is 328 g/mol. The molecule has 0 aliphatic heterocycles. The Morgan fingerprint density at radius 1 is 1.08 bits per heavy atom. The third-order valence-electron chi connectivity index (χ3n) is 3.75. The first-order valence-electron chi connectivity index (χ1n) is 7.28. The van der Waals surface area contributed by atoms with E-state index >= 15 is 0 Å². The highest BCUT2D eigenvalue weighted by atomic mass is 32.1.